The monoisotopic (exact) mass is 278 g/mol. The van der Waals surface area contributed by atoms with Crippen LogP contribution in [0.2, 0.25) is 5.02 Å². The van der Waals surface area contributed by atoms with Crippen molar-refractivity contribution < 1.29 is 9.90 Å². The van der Waals surface area contributed by atoms with E-state index in [1.165, 1.54) is 11.3 Å². The summed E-state index contributed by atoms with van der Waals surface area (Å²) in [6.45, 7) is 0. The molecule has 2 aromatic heterocycles. The normalized spacial score (nSPS) is 10.9. The van der Waals surface area contributed by atoms with Gasteiger partial charge in [0, 0.05) is 22.2 Å². The van der Waals surface area contributed by atoms with Crippen molar-refractivity contribution in [2.75, 3.05) is 0 Å². The molecule has 4 nitrogen and oxygen atoms in total. The molecular weight excluding hydrogens is 272 g/mol. The van der Waals surface area contributed by atoms with Gasteiger partial charge in [-0.25, -0.2) is 9.78 Å². The summed E-state index contributed by atoms with van der Waals surface area (Å²) in [5.41, 5.74) is 1.80. The molecule has 1 aromatic carbocycles. The first-order valence-electron chi connectivity index (χ1n) is 5.11. The van der Waals surface area contributed by atoms with E-state index in [0.29, 0.717) is 15.7 Å². The summed E-state index contributed by atoms with van der Waals surface area (Å²) >= 11 is 7.22. The van der Waals surface area contributed by atoms with Crippen molar-refractivity contribution in [1.29, 1.82) is 0 Å². The van der Waals surface area contributed by atoms with Gasteiger partial charge in [0.2, 0.25) is 0 Å². The lowest BCUT2D eigenvalue weighted by Crippen LogP contribution is -1.99. The molecule has 0 amide bonds. The number of benzene rings is 1. The topological polar surface area (TPSA) is 54.6 Å². The lowest BCUT2D eigenvalue weighted by molar-refractivity contribution is 0.0689. The standard InChI is InChI=1S/C12H7ClN2O2S/c13-8-3-1-2-7(4-8)9-5-15-10(11(16)17)6-18-12(15)14-9/h1-6H,(H,16,17). The van der Waals surface area contributed by atoms with Crippen LogP contribution in [0.15, 0.2) is 35.8 Å². The summed E-state index contributed by atoms with van der Waals surface area (Å²) < 4.78 is 1.57. The molecule has 0 aliphatic heterocycles. The number of carboxylic acid groups (broad SMARTS) is 1. The summed E-state index contributed by atoms with van der Waals surface area (Å²) in [5, 5.41) is 11.2. The predicted octanol–water partition coefficient (Wildman–Crippen LogP) is 3.41. The Morgan fingerprint density at radius 3 is 3.00 bits per heavy atom. The van der Waals surface area contributed by atoms with Crippen molar-refractivity contribution in [3.63, 3.8) is 0 Å². The molecular formula is C12H7ClN2O2S. The molecule has 90 valence electrons. The van der Waals surface area contributed by atoms with E-state index in [9.17, 15) is 4.79 Å². The first kappa shape index (κ1) is 11.3. The highest BCUT2D eigenvalue weighted by atomic mass is 35.5. The largest absolute Gasteiger partial charge is 0.477 e. The average Bonchev–Trinajstić information content (AvgIpc) is 2.87. The molecule has 0 saturated heterocycles. The Labute approximate surface area is 111 Å². The van der Waals surface area contributed by atoms with Gasteiger partial charge in [-0.3, -0.25) is 4.40 Å². The molecule has 3 aromatic rings. The number of fused-ring (bicyclic) bond motifs is 1. The van der Waals surface area contributed by atoms with Crippen LogP contribution in [0.3, 0.4) is 0 Å². The van der Waals surface area contributed by atoms with E-state index in [-0.39, 0.29) is 5.69 Å². The van der Waals surface area contributed by atoms with Crippen LogP contribution in [0.4, 0.5) is 0 Å². The molecule has 6 heteroatoms. The van der Waals surface area contributed by atoms with Crippen LogP contribution in [-0.2, 0) is 0 Å². The van der Waals surface area contributed by atoms with Crippen LogP contribution >= 0.6 is 22.9 Å². The molecule has 0 fully saturated rings. The van der Waals surface area contributed by atoms with Gasteiger partial charge < -0.3 is 5.11 Å². The van der Waals surface area contributed by atoms with Crippen LogP contribution in [0.5, 0.6) is 0 Å². The number of hydrogen-bond donors (Lipinski definition) is 1. The van der Waals surface area contributed by atoms with Gasteiger partial charge in [-0.2, -0.15) is 0 Å². The van der Waals surface area contributed by atoms with E-state index in [2.05, 4.69) is 4.98 Å². The Morgan fingerprint density at radius 1 is 1.44 bits per heavy atom. The molecule has 0 aliphatic carbocycles. The number of rotatable bonds is 2. The van der Waals surface area contributed by atoms with Crippen molar-refractivity contribution >= 4 is 33.9 Å². The Kier molecular flexibility index (Phi) is 2.57. The molecule has 0 unspecified atom stereocenters. The molecule has 3 rings (SSSR count). The molecule has 2 heterocycles. The number of thiazole rings is 1. The van der Waals surface area contributed by atoms with Crippen molar-refractivity contribution in [1.82, 2.24) is 9.38 Å². The molecule has 0 radical (unpaired) electrons. The van der Waals surface area contributed by atoms with Crippen molar-refractivity contribution in [3.05, 3.63) is 46.6 Å². The smallest absolute Gasteiger partial charge is 0.353 e. The Morgan fingerprint density at radius 2 is 2.28 bits per heavy atom. The maximum Gasteiger partial charge on any atom is 0.353 e. The highest BCUT2D eigenvalue weighted by Crippen LogP contribution is 2.25. The SMILES string of the molecule is O=C(O)c1csc2nc(-c3cccc(Cl)c3)cn12. The molecule has 0 saturated carbocycles. The highest BCUT2D eigenvalue weighted by Gasteiger charge is 2.13. The lowest BCUT2D eigenvalue weighted by atomic mass is 10.2. The third-order valence-electron chi connectivity index (χ3n) is 2.55. The number of aromatic carboxylic acids is 1. The summed E-state index contributed by atoms with van der Waals surface area (Å²) in [5.74, 6) is -0.962. The number of nitrogens with zero attached hydrogens (tertiary/aromatic N) is 2. The third-order valence-corrected chi connectivity index (χ3v) is 3.62. The zero-order chi connectivity index (χ0) is 12.7. The Bertz CT molecular complexity index is 747. The highest BCUT2D eigenvalue weighted by molar-refractivity contribution is 7.15. The fourth-order valence-electron chi connectivity index (χ4n) is 1.72. The van der Waals surface area contributed by atoms with Crippen LogP contribution in [0, 0.1) is 0 Å². The fourth-order valence-corrected chi connectivity index (χ4v) is 2.76. The minimum Gasteiger partial charge on any atom is -0.477 e. The van der Waals surface area contributed by atoms with E-state index in [1.807, 2.05) is 12.1 Å². The second kappa shape index (κ2) is 4.12. The van der Waals surface area contributed by atoms with Gasteiger partial charge in [-0.05, 0) is 12.1 Å². The second-order valence-corrected chi connectivity index (χ2v) is 4.99. The van der Waals surface area contributed by atoms with Crippen LogP contribution in [0.25, 0.3) is 16.2 Å². The molecule has 1 N–H and O–H groups in total. The van der Waals surface area contributed by atoms with Crippen LogP contribution in [0.1, 0.15) is 10.5 Å². The van der Waals surface area contributed by atoms with Crippen molar-refractivity contribution in [3.8, 4) is 11.3 Å². The van der Waals surface area contributed by atoms with E-state index < -0.39 is 5.97 Å². The molecule has 18 heavy (non-hydrogen) atoms. The number of imidazole rings is 1. The first-order chi connectivity index (χ1) is 8.65. The number of hydrogen-bond acceptors (Lipinski definition) is 3. The van der Waals surface area contributed by atoms with E-state index in [1.54, 1.807) is 28.1 Å². The van der Waals surface area contributed by atoms with Gasteiger partial charge >= 0.3 is 5.97 Å². The van der Waals surface area contributed by atoms with Crippen molar-refractivity contribution in [2.24, 2.45) is 0 Å². The van der Waals surface area contributed by atoms with E-state index in [4.69, 9.17) is 16.7 Å². The number of carboxylic acids is 1. The molecule has 0 spiro atoms. The minimum atomic E-state index is -0.962. The third kappa shape index (κ3) is 1.77. The van der Waals surface area contributed by atoms with Gasteiger partial charge in [-0.1, -0.05) is 23.7 Å². The first-order valence-corrected chi connectivity index (χ1v) is 6.37. The number of carbonyl (C=O) groups is 1. The van der Waals surface area contributed by atoms with Crippen LogP contribution < -0.4 is 0 Å². The summed E-state index contributed by atoms with van der Waals surface area (Å²) in [4.78, 5) is 16.1. The van der Waals surface area contributed by atoms with E-state index in [0.717, 1.165) is 5.56 Å². The summed E-state index contributed by atoms with van der Waals surface area (Å²) in [6, 6.07) is 7.31. The average molecular weight is 279 g/mol. The molecule has 0 aliphatic rings. The lowest BCUT2D eigenvalue weighted by Gasteiger charge is -1.96. The zero-order valence-corrected chi connectivity index (χ0v) is 10.6. The number of halogens is 1. The predicted molar refractivity (Wildman–Crippen MR) is 70.5 cm³/mol. The molecule has 0 atom stereocenters. The van der Waals surface area contributed by atoms with Crippen molar-refractivity contribution in [2.45, 2.75) is 0 Å². The molecule has 0 bridgehead atoms. The maximum absolute atomic E-state index is 11.0. The van der Waals surface area contributed by atoms with Gasteiger partial charge in [0.15, 0.2) is 4.96 Å². The Balaban J connectivity index is 2.17. The minimum absolute atomic E-state index is 0.218. The van der Waals surface area contributed by atoms with Crippen LogP contribution in [-0.4, -0.2) is 20.5 Å². The zero-order valence-electron chi connectivity index (χ0n) is 9.00. The summed E-state index contributed by atoms with van der Waals surface area (Å²) in [7, 11) is 0. The Hall–Kier alpha value is -1.85. The number of aromatic nitrogens is 2. The van der Waals surface area contributed by atoms with Gasteiger partial charge in [-0.15, -0.1) is 11.3 Å². The quantitative estimate of drug-likeness (QED) is 0.781. The van der Waals surface area contributed by atoms with Gasteiger partial charge in [0.1, 0.15) is 5.69 Å². The second-order valence-electron chi connectivity index (χ2n) is 3.72. The summed E-state index contributed by atoms with van der Waals surface area (Å²) in [6.07, 6.45) is 1.71. The maximum atomic E-state index is 11.0. The van der Waals surface area contributed by atoms with Gasteiger partial charge in [0.25, 0.3) is 0 Å². The fraction of sp³-hybridized carbons (Fsp3) is 0. The van der Waals surface area contributed by atoms with Gasteiger partial charge in [0.05, 0.1) is 5.69 Å². The van der Waals surface area contributed by atoms with E-state index >= 15 is 0 Å².